The zero-order valence-electron chi connectivity index (χ0n) is 22.8. The summed E-state index contributed by atoms with van der Waals surface area (Å²) in [5, 5.41) is 5.51. The average Bonchev–Trinajstić information content (AvgIpc) is 2.98. The van der Waals surface area contributed by atoms with Gasteiger partial charge in [0, 0.05) is 10.6 Å². The summed E-state index contributed by atoms with van der Waals surface area (Å²) in [4.78, 5) is 0. The van der Waals surface area contributed by atoms with E-state index in [-0.39, 0.29) is 0 Å². The van der Waals surface area contributed by atoms with Gasteiger partial charge >= 0.3 is 0 Å². The molecule has 0 aliphatic carbocycles. The van der Waals surface area contributed by atoms with Gasteiger partial charge < -0.3 is 9.47 Å². The van der Waals surface area contributed by atoms with Crippen LogP contribution in [-0.4, -0.2) is 25.5 Å². The summed E-state index contributed by atoms with van der Waals surface area (Å²) in [6, 6.07) is 39.5. The molecule has 0 saturated carbocycles. The van der Waals surface area contributed by atoms with Gasteiger partial charge in [-0.25, -0.2) is 0 Å². The fourth-order valence-corrected chi connectivity index (χ4v) is 10.0. The lowest BCUT2D eigenvalue weighted by atomic mass is 10.3. The summed E-state index contributed by atoms with van der Waals surface area (Å²) in [5.41, 5.74) is 0. The first kappa shape index (κ1) is 28.4. The predicted molar refractivity (Wildman–Crippen MR) is 169 cm³/mol. The molecule has 0 bridgehead atoms. The maximum Gasteiger partial charge on any atom is 0.127 e. The second-order valence-corrected chi connectivity index (χ2v) is 13.9. The van der Waals surface area contributed by atoms with Crippen LogP contribution in [-0.2, 0) is 0 Å². The Kier molecular flexibility index (Phi) is 11.7. The highest BCUT2D eigenvalue weighted by Gasteiger charge is 2.23. The van der Waals surface area contributed by atoms with Gasteiger partial charge in [0.25, 0.3) is 0 Å². The molecule has 0 unspecified atom stereocenters. The van der Waals surface area contributed by atoms with Crippen LogP contribution in [0.2, 0.25) is 0 Å². The van der Waals surface area contributed by atoms with Crippen LogP contribution >= 0.6 is 15.8 Å². The first-order chi connectivity index (χ1) is 18.8. The molecule has 0 aliphatic rings. The van der Waals surface area contributed by atoms with Crippen molar-refractivity contribution in [3.63, 3.8) is 0 Å². The maximum absolute atomic E-state index is 6.33. The van der Waals surface area contributed by atoms with Crippen molar-refractivity contribution in [2.24, 2.45) is 0 Å². The lowest BCUT2D eigenvalue weighted by Gasteiger charge is -2.26. The number of unbranched alkanes of at least 4 members (excludes halogenated alkanes) is 2. The van der Waals surface area contributed by atoms with Gasteiger partial charge in [0.05, 0.1) is 13.2 Å². The van der Waals surface area contributed by atoms with Gasteiger partial charge in [-0.2, -0.15) is 0 Å². The van der Waals surface area contributed by atoms with Crippen LogP contribution in [0.1, 0.15) is 39.5 Å². The van der Waals surface area contributed by atoms with E-state index >= 15 is 0 Å². The van der Waals surface area contributed by atoms with Gasteiger partial charge in [-0.05, 0) is 63.8 Å². The molecular formula is C34H40O2P2. The molecule has 4 aromatic carbocycles. The molecule has 2 nitrogen and oxygen atoms in total. The topological polar surface area (TPSA) is 18.5 Å². The third-order valence-electron chi connectivity index (χ3n) is 6.51. The summed E-state index contributed by atoms with van der Waals surface area (Å²) in [5.74, 6) is 2.09. The SMILES string of the molecule is CCCCOc1ccccc1[P@@](CC[P@@](c1ccccc1)c1ccccc1OCCCC)c1ccccc1. The zero-order valence-corrected chi connectivity index (χ0v) is 24.5. The smallest absolute Gasteiger partial charge is 0.127 e. The molecule has 0 fully saturated rings. The molecule has 0 aliphatic heterocycles. The molecule has 4 aromatic rings. The van der Waals surface area contributed by atoms with Gasteiger partial charge in [-0.3, -0.25) is 0 Å². The number of rotatable bonds is 15. The standard InChI is InChI=1S/C34H40O2P2/c1-3-5-25-35-31-21-13-15-23-33(31)37(29-17-9-7-10-18-29)27-28-38(30-19-11-8-12-20-30)34-24-16-14-22-32(34)36-26-6-4-2/h7-24H,3-6,25-28H2,1-2H3/t37-,38-/m0/s1. The molecule has 0 radical (unpaired) electrons. The summed E-state index contributed by atoms with van der Waals surface area (Å²) in [6.07, 6.45) is 6.61. The lowest BCUT2D eigenvalue weighted by Crippen LogP contribution is -2.22. The van der Waals surface area contributed by atoms with Crippen molar-refractivity contribution in [3.8, 4) is 11.5 Å². The van der Waals surface area contributed by atoms with E-state index in [1.807, 2.05) is 0 Å². The Morgan fingerprint density at radius 2 is 0.842 bits per heavy atom. The summed E-state index contributed by atoms with van der Waals surface area (Å²) >= 11 is 0. The van der Waals surface area contributed by atoms with Crippen LogP contribution in [0.3, 0.4) is 0 Å². The minimum Gasteiger partial charge on any atom is -0.493 e. The van der Waals surface area contributed by atoms with Crippen molar-refractivity contribution in [1.29, 1.82) is 0 Å². The Labute approximate surface area is 231 Å². The minimum absolute atomic E-state index is 0.579. The van der Waals surface area contributed by atoms with E-state index in [4.69, 9.17) is 9.47 Å². The van der Waals surface area contributed by atoms with E-state index < -0.39 is 15.8 Å². The molecule has 0 N–H and O–H groups in total. The highest BCUT2D eigenvalue weighted by Crippen LogP contribution is 2.44. The monoisotopic (exact) mass is 542 g/mol. The van der Waals surface area contributed by atoms with E-state index in [9.17, 15) is 0 Å². The van der Waals surface area contributed by atoms with Crippen LogP contribution in [0.15, 0.2) is 109 Å². The Bertz CT molecular complexity index is 1120. The zero-order chi connectivity index (χ0) is 26.4. The number of benzene rings is 4. The van der Waals surface area contributed by atoms with Crippen molar-refractivity contribution in [2.75, 3.05) is 25.5 Å². The molecule has 198 valence electrons. The normalized spacial score (nSPS) is 12.6. The third kappa shape index (κ3) is 7.92. The van der Waals surface area contributed by atoms with E-state index in [1.54, 1.807) is 0 Å². The Morgan fingerprint density at radius 1 is 0.474 bits per heavy atom. The summed E-state index contributed by atoms with van der Waals surface area (Å²) in [6.45, 7) is 5.96. The Morgan fingerprint density at radius 3 is 1.24 bits per heavy atom. The predicted octanol–water partition coefficient (Wildman–Crippen LogP) is 7.61. The molecule has 0 spiro atoms. The summed E-state index contributed by atoms with van der Waals surface area (Å²) in [7, 11) is -1.16. The van der Waals surface area contributed by atoms with Crippen LogP contribution < -0.4 is 30.7 Å². The van der Waals surface area contributed by atoms with Gasteiger partial charge in [0.15, 0.2) is 0 Å². The average molecular weight is 543 g/mol. The second-order valence-electron chi connectivity index (χ2n) is 9.31. The van der Waals surface area contributed by atoms with Crippen LogP contribution in [0, 0.1) is 0 Å². The highest BCUT2D eigenvalue weighted by atomic mass is 31.1. The second kappa shape index (κ2) is 15.7. The number of para-hydroxylation sites is 2. The molecule has 0 aromatic heterocycles. The largest absolute Gasteiger partial charge is 0.493 e. The molecular weight excluding hydrogens is 502 g/mol. The first-order valence-electron chi connectivity index (χ1n) is 13.9. The Hall–Kier alpha value is -2.66. The molecule has 0 saturated heterocycles. The quantitative estimate of drug-likeness (QED) is 0.114. The molecule has 4 heteroatoms. The van der Waals surface area contributed by atoms with Gasteiger partial charge in [-0.1, -0.05) is 124 Å². The van der Waals surface area contributed by atoms with Crippen LogP contribution in [0.25, 0.3) is 0 Å². The Balaban J connectivity index is 1.67. The van der Waals surface area contributed by atoms with E-state index in [2.05, 4.69) is 123 Å². The van der Waals surface area contributed by atoms with Crippen molar-refractivity contribution in [2.45, 2.75) is 39.5 Å². The van der Waals surface area contributed by atoms with Crippen LogP contribution in [0.4, 0.5) is 0 Å². The van der Waals surface area contributed by atoms with Crippen LogP contribution in [0.5, 0.6) is 11.5 Å². The molecule has 0 heterocycles. The lowest BCUT2D eigenvalue weighted by molar-refractivity contribution is 0.311. The van der Waals surface area contributed by atoms with Gasteiger partial charge in [0.1, 0.15) is 11.5 Å². The van der Waals surface area contributed by atoms with E-state index in [0.29, 0.717) is 0 Å². The van der Waals surface area contributed by atoms with Gasteiger partial charge in [-0.15, -0.1) is 0 Å². The van der Waals surface area contributed by atoms with Crippen molar-refractivity contribution in [1.82, 2.24) is 0 Å². The molecule has 4 rings (SSSR count). The number of ether oxygens (including phenoxy) is 2. The number of hydrogen-bond acceptors (Lipinski definition) is 2. The molecule has 2 atom stereocenters. The highest BCUT2D eigenvalue weighted by molar-refractivity contribution is 7.76. The minimum atomic E-state index is -0.579. The van der Waals surface area contributed by atoms with Crippen molar-refractivity contribution >= 4 is 37.1 Å². The summed E-state index contributed by atoms with van der Waals surface area (Å²) < 4.78 is 12.7. The fourth-order valence-electron chi connectivity index (χ4n) is 4.45. The molecule has 38 heavy (non-hydrogen) atoms. The van der Waals surface area contributed by atoms with Crippen molar-refractivity contribution < 1.29 is 9.47 Å². The first-order valence-corrected chi connectivity index (χ1v) is 17.0. The van der Waals surface area contributed by atoms with Crippen molar-refractivity contribution in [3.05, 3.63) is 109 Å². The number of hydrogen-bond donors (Lipinski definition) is 0. The van der Waals surface area contributed by atoms with E-state index in [0.717, 1.165) is 62.7 Å². The van der Waals surface area contributed by atoms with Gasteiger partial charge in [0.2, 0.25) is 0 Å². The fraction of sp³-hybridized carbons (Fsp3) is 0.294. The third-order valence-corrected chi connectivity index (χ3v) is 11.9. The van der Waals surface area contributed by atoms with E-state index in [1.165, 1.54) is 21.2 Å². The molecule has 0 amide bonds. The maximum atomic E-state index is 6.33.